The van der Waals surface area contributed by atoms with Gasteiger partial charge >= 0.3 is 0 Å². The molecule has 0 bridgehead atoms. The van der Waals surface area contributed by atoms with Crippen molar-refractivity contribution in [3.8, 4) is 0 Å². The van der Waals surface area contributed by atoms with Crippen molar-refractivity contribution in [1.82, 2.24) is 0 Å². The third kappa shape index (κ3) is 5.33. The van der Waals surface area contributed by atoms with Gasteiger partial charge in [-0.3, -0.25) is 9.10 Å². The molecule has 0 radical (unpaired) electrons. The number of rotatable bonds is 6. The average molecular weight is 524 g/mol. The second kappa shape index (κ2) is 8.91. The van der Waals surface area contributed by atoms with Gasteiger partial charge in [-0.25, -0.2) is 12.8 Å². The summed E-state index contributed by atoms with van der Waals surface area (Å²) in [6.07, 6.45) is 0. The average Bonchev–Trinajstić information content (AvgIpc) is 2.69. The topological polar surface area (TPSA) is 66.5 Å². The van der Waals surface area contributed by atoms with Gasteiger partial charge in [0.2, 0.25) is 5.91 Å². The van der Waals surface area contributed by atoms with Crippen LogP contribution in [0.1, 0.15) is 5.56 Å². The summed E-state index contributed by atoms with van der Waals surface area (Å²) in [7, 11) is -4.07. The largest absolute Gasteiger partial charge is 0.325 e. The van der Waals surface area contributed by atoms with E-state index in [-0.39, 0.29) is 4.90 Å². The predicted octanol–water partition coefficient (Wildman–Crippen LogP) is 4.57. The van der Waals surface area contributed by atoms with Crippen molar-refractivity contribution in [2.45, 2.75) is 11.8 Å². The zero-order valence-electron chi connectivity index (χ0n) is 15.5. The minimum Gasteiger partial charge on any atom is -0.325 e. The summed E-state index contributed by atoms with van der Waals surface area (Å²) < 4.78 is 41.6. The van der Waals surface area contributed by atoms with E-state index < -0.39 is 28.3 Å². The standard InChI is InChI=1S/C21H18FIN2O3S/c1-15-2-10-19(11-3-15)25(29(27,28)20-12-4-16(22)5-13-20)14-21(26)24-18-8-6-17(23)7-9-18/h2-13H,14H2,1H3,(H,24,26). The second-order valence-corrected chi connectivity index (χ2v) is 9.46. The van der Waals surface area contributed by atoms with Gasteiger partial charge in [-0.1, -0.05) is 17.7 Å². The molecule has 29 heavy (non-hydrogen) atoms. The zero-order chi connectivity index (χ0) is 21.0. The Hall–Kier alpha value is -2.46. The first-order valence-electron chi connectivity index (χ1n) is 8.66. The Morgan fingerprint density at radius 2 is 1.55 bits per heavy atom. The lowest BCUT2D eigenvalue weighted by molar-refractivity contribution is -0.114. The Balaban J connectivity index is 1.92. The number of carbonyl (C=O) groups excluding carboxylic acids is 1. The van der Waals surface area contributed by atoms with E-state index >= 15 is 0 Å². The van der Waals surface area contributed by atoms with E-state index in [0.29, 0.717) is 11.4 Å². The maximum Gasteiger partial charge on any atom is 0.264 e. The van der Waals surface area contributed by atoms with Crippen molar-refractivity contribution >= 4 is 49.9 Å². The highest BCUT2D eigenvalue weighted by atomic mass is 127. The number of anilines is 2. The molecule has 0 unspecified atom stereocenters. The van der Waals surface area contributed by atoms with Gasteiger partial charge in [0.15, 0.2) is 0 Å². The zero-order valence-corrected chi connectivity index (χ0v) is 18.4. The van der Waals surface area contributed by atoms with Crippen LogP contribution in [-0.2, 0) is 14.8 Å². The predicted molar refractivity (Wildman–Crippen MR) is 120 cm³/mol. The minimum absolute atomic E-state index is 0.0958. The number of amides is 1. The van der Waals surface area contributed by atoms with Gasteiger partial charge < -0.3 is 5.32 Å². The number of benzene rings is 3. The molecule has 0 fully saturated rings. The molecule has 0 saturated heterocycles. The molecule has 0 aliphatic rings. The molecule has 0 aliphatic carbocycles. The molecule has 8 heteroatoms. The van der Waals surface area contributed by atoms with E-state index in [4.69, 9.17) is 0 Å². The third-order valence-corrected chi connectivity index (χ3v) is 6.65. The summed E-state index contributed by atoms with van der Waals surface area (Å²) in [6, 6.07) is 18.5. The third-order valence-electron chi connectivity index (χ3n) is 4.14. The molecule has 3 aromatic rings. The maximum atomic E-state index is 13.3. The van der Waals surface area contributed by atoms with Crippen molar-refractivity contribution in [2.75, 3.05) is 16.2 Å². The second-order valence-electron chi connectivity index (χ2n) is 6.36. The smallest absolute Gasteiger partial charge is 0.264 e. The molecule has 0 aliphatic heterocycles. The fraction of sp³-hybridized carbons (Fsp3) is 0.0952. The highest BCUT2D eigenvalue weighted by Crippen LogP contribution is 2.24. The van der Waals surface area contributed by atoms with Crippen LogP contribution >= 0.6 is 22.6 Å². The molecule has 1 N–H and O–H groups in total. The SMILES string of the molecule is Cc1ccc(N(CC(=O)Nc2ccc(I)cc2)S(=O)(=O)c2ccc(F)cc2)cc1. The summed E-state index contributed by atoms with van der Waals surface area (Å²) in [5, 5.41) is 2.71. The summed E-state index contributed by atoms with van der Waals surface area (Å²) in [4.78, 5) is 12.5. The van der Waals surface area contributed by atoms with Crippen molar-refractivity contribution in [1.29, 1.82) is 0 Å². The number of sulfonamides is 1. The van der Waals surface area contributed by atoms with Gasteiger partial charge in [0, 0.05) is 9.26 Å². The van der Waals surface area contributed by atoms with Crippen LogP contribution < -0.4 is 9.62 Å². The van der Waals surface area contributed by atoms with E-state index in [2.05, 4.69) is 27.9 Å². The summed E-state index contributed by atoms with van der Waals surface area (Å²) in [6.45, 7) is 1.46. The van der Waals surface area contributed by atoms with E-state index in [1.54, 1.807) is 36.4 Å². The number of hydrogen-bond acceptors (Lipinski definition) is 3. The molecule has 0 saturated carbocycles. The molecule has 0 spiro atoms. The maximum absolute atomic E-state index is 13.3. The van der Waals surface area contributed by atoms with Crippen molar-refractivity contribution < 1.29 is 17.6 Å². The number of aryl methyl sites for hydroxylation is 1. The summed E-state index contributed by atoms with van der Waals surface area (Å²) in [5.41, 5.74) is 1.87. The monoisotopic (exact) mass is 524 g/mol. The molecule has 150 valence electrons. The van der Waals surface area contributed by atoms with E-state index in [1.165, 1.54) is 12.1 Å². The fourth-order valence-corrected chi connectivity index (χ4v) is 4.40. The Morgan fingerprint density at radius 1 is 0.966 bits per heavy atom. The van der Waals surface area contributed by atoms with Gasteiger partial charge in [0.1, 0.15) is 12.4 Å². The van der Waals surface area contributed by atoms with Crippen molar-refractivity contribution in [3.05, 3.63) is 87.7 Å². The van der Waals surface area contributed by atoms with Crippen LogP contribution in [-0.4, -0.2) is 20.9 Å². The van der Waals surface area contributed by atoms with Gasteiger partial charge in [0.25, 0.3) is 10.0 Å². The lowest BCUT2D eigenvalue weighted by atomic mass is 10.2. The van der Waals surface area contributed by atoms with Gasteiger partial charge in [0.05, 0.1) is 10.6 Å². The lowest BCUT2D eigenvalue weighted by Gasteiger charge is -2.24. The van der Waals surface area contributed by atoms with E-state index in [0.717, 1.165) is 25.6 Å². The fourth-order valence-electron chi connectivity index (χ4n) is 2.62. The summed E-state index contributed by atoms with van der Waals surface area (Å²) >= 11 is 2.15. The number of hydrogen-bond donors (Lipinski definition) is 1. The quantitative estimate of drug-likeness (QED) is 0.481. The Labute approximate surface area is 182 Å². The van der Waals surface area contributed by atoms with Crippen molar-refractivity contribution in [2.24, 2.45) is 0 Å². The molecular weight excluding hydrogens is 506 g/mol. The number of halogens is 2. The van der Waals surface area contributed by atoms with Crippen LogP contribution in [0, 0.1) is 16.3 Å². The van der Waals surface area contributed by atoms with Gasteiger partial charge in [-0.05, 0) is 90.2 Å². The number of carbonyl (C=O) groups is 1. The molecule has 3 rings (SSSR count). The summed E-state index contributed by atoms with van der Waals surface area (Å²) in [5.74, 6) is -1.03. The normalized spacial score (nSPS) is 11.1. The van der Waals surface area contributed by atoms with Gasteiger partial charge in [-0.15, -0.1) is 0 Å². The van der Waals surface area contributed by atoms with Crippen LogP contribution in [0.3, 0.4) is 0 Å². The lowest BCUT2D eigenvalue weighted by Crippen LogP contribution is -2.38. The first-order valence-corrected chi connectivity index (χ1v) is 11.2. The first-order chi connectivity index (χ1) is 13.8. The Bertz CT molecular complexity index is 1100. The molecule has 5 nitrogen and oxygen atoms in total. The van der Waals surface area contributed by atoms with Crippen LogP contribution in [0.25, 0.3) is 0 Å². The van der Waals surface area contributed by atoms with Crippen molar-refractivity contribution in [3.63, 3.8) is 0 Å². The number of nitrogens with one attached hydrogen (secondary N) is 1. The number of nitrogens with zero attached hydrogens (tertiary/aromatic N) is 1. The van der Waals surface area contributed by atoms with Crippen LogP contribution in [0.2, 0.25) is 0 Å². The van der Waals surface area contributed by atoms with Crippen LogP contribution in [0.5, 0.6) is 0 Å². The van der Waals surface area contributed by atoms with Crippen LogP contribution in [0.15, 0.2) is 77.7 Å². The Morgan fingerprint density at radius 3 is 2.14 bits per heavy atom. The van der Waals surface area contributed by atoms with E-state index in [1.807, 2.05) is 19.1 Å². The van der Waals surface area contributed by atoms with Gasteiger partial charge in [-0.2, -0.15) is 0 Å². The molecule has 0 aromatic heterocycles. The molecule has 0 heterocycles. The highest BCUT2D eigenvalue weighted by Gasteiger charge is 2.27. The van der Waals surface area contributed by atoms with Crippen LogP contribution in [0.4, 0.5) is 15.8 Å². The molecule has 3 aromatic carbocycles. The minimum atomic E-state index is -4.07. The molecule has 0 atom stereocenters. The van der Waals surface area contributed by atoms with E-state index in [9.17, 15) is 17.6 Å². The molecule has 1 amide bonds. The molecular formula is C21H18FIN2O3S. The first kappa shape index (κ1) is 21.3. The highest BCUT2D eigenvalue weighted by molar-refractivity contribution is 14.1. The Kier molecular flexibility index (Phi) is 6.53.